The van der Waals surface area contributed by atoms with Gasteiger partial charge in [0.15, 0.2) is 5.82 Å². The van der Waals surface area contributed by atoms with Gasteiger partial charge in [-0.05, 0) is 24.3 Å². The number of nitrogens with one attached hydrogen (secondary N) is 1. The molecule has 9 nitrogen and oxygen atoms in total. The lowest BCUT2D eigenvalue weighted by atomic mass is 10.2. The second-order valence-corrected chi connectivity index (χ2v) is 7.33. The van der Waals surface area contributed by atoms with Gasteiger partial charge in [-0.15, -0.1) is 0 Å². The molecule has 0 aliphatic rings. The van der Waals surface area contributed by atoms with E-state index in [1.807, 2.05) is 0 Å². The van der Waals surface area contributed by atoms with Gasteiger partial charge in [0.2, 0.25) is 11.8 Å². The molecule has 2 aromatic carbocycles. The number of anilines is 1. The van der Waals surface area contributed by atoms with Gasteiger partial charge in [-0.1, -0.05) is 40.5 Å². The Morgan fingerprint density at radius 1 is 1.26 bits per heavy atom. The van der Waals surface area contributed by atoms with Crippen molar-refractivity contribution in [1.82, 2.24) is 19.7 Å². The summed E-state index contributed by atoms with van der Waals surface area (Å²) in [6.07, 6.45) is 1.22. The molecule has 4 rings (SSSR count). The van der Waals surface area contributed by atoms with E-state index in [0.29, 0.717) is 22.0 Å². The van der Waals surface area contributed by atoms with Gasteiger partial charge in [0.25, 0.3) is 5.56 Å². The summed E-state index contributed by atoms with van der Waals surface area (Å²) in [5, 5.41) is 7.42. The number of carbonyl (C=O) groups excluding carboxylic acids is 1. The quantitative estimate of drug-likeness (QED) is 0.470. The summed E-state index contributed by atoms with van der Waals surface area (Å²) in [7, 11) is 1.52. The number of carbonyl (C=O) groups is 1. The Balaban J connectivity index is 1.49. The molecule has 1 amide bonds. The van der Waals surface area contributed by atoms with E-state index in [-0.39, 0.29) is 46.6 Å². The van der Waals surface area contributed by atoms with Gasteiger partial charge in [-0.3, -0.25) is 14.2 Å². The Bertz CT molecular complexity index is 1330. The first-order chi connectivity index (χ1) is 14.9. The lowest BCUT2D eigenvalue weighted by Crippen LogP contribution is -2.21. The molecule has 0 saturated heterocycles. The van der Waals surface area contributed by atoms with E-state index in [1.54, 1.807) is 24.3 Å². The SMILES string of the molecule is COc1ccccc1NC(=O)Cc1noc(Cn2cnc3c(Cl)cc(Cl)cc3c2=O)n1. The van der Waals surface area contributed by atoms with Crippen LogP contribution in [0.25, 0.3) is 10.9 Å². The van der Waals surface area contributed by atoms with Crippen LogP contribution in [0.2, 0.25) is 10.0 Å². The largest absolute Gasteiger partial charge is 0.495 e. The van der Waals surface area contributed by atoms with Crippen molar-refractivity contribution in [2.45, 2.75) is 13.0 Å². The molecule has 158 valence electrons. The van der Waals surface area contributed by atoms with Crippen LogP contribution in [0.15, 0.2) is 52.0 Å². The topological polar surface area (TPSA) is 112 Å². The molecule has 0 unspecified atom stereocenters. The van der Waals surface area contributed by atoms with Crippen molar-refractivity contribution in [3.8, 4) is 5.75 Å². The van der Waals surface area contributed by atoms with E-state index >= 15 is 0 Å². The summed E-state index contributed by atoms with van der Waals surface area (Å²) in [6, 6.07) is 10.0. The molecule has 0 bridgehead atoms. The van der Waals surface area contributed by atoms with E-state index in [4.69, 9.17) is 32.5 Å². The summed E-state index contributed by atoms with van der Waals surface area (Å²) in [5.41, 5.74) is 0.527. The third-order valence-electron chi connectivity index (χ3n) is 4.36. The third-order valence-corrected chi connectivity index (χ3v) is 4.87. The predicted molar refractivity (Wildman–Crippen MR) is 115 cm³/mol. The zero-order valence-corrected chi connectivity index (χ0v) is 17.6. The Kier molecular flexibility index (Phi) is 5.88. The highest BCUT2D eigenvalue weighted by molar-refractivity contribution is 6.38. The number of para-hydroxylation sites is 2. The van der Waals surface area contributed by atoms with Gasteiger partial charge in [-0.2, -0.15) is 4.98 Å². The molecule has 1 N–H and O–H groups in total. The van der Waals surface area contributed by atoms with Gasteiger partial charge in [0.05, 0.1) is 41.5 Å². The highest BCUT2D eigenvalue weighted by atomic mass is 35.5. The van der Waals surface area contributed by atoms with Gasteiger partial charge in [0.1, 0.15) is 12.3 Å². The molecule has 0 aliphatic heterocycles. The number of fused-ring (bicyclic) bond motifs is 1. The van der Waals surface area contributed by atoms with Gasteiger partial charge >= 0.3 is 0 Å². The average molecular weight is 460 g/mol. The molecular weight excluding hydrogens is 445 g/mol. The zero-order valence-electron chi connectivity index (χ0n) is 16.1. The van der Waals surface area contributed by atoms with Crippen LogP contribution in [-0.4, -0.2) is 32.7 Å². The molecule has 4 aromatic rings. The first-order valence-corrected chi connectivity index (χ1v) is 9.78. The number of amides is 1. The van der Waals surface area contributed by atoms with Crippen LogP contribution in [0.1, 0.15) is 11.7 Å². The van der Waals surface area contributed by atoms with Crippen molar-refractivity contribution in [1.29, 1.82) is 0 Å². The molecule has 0 radical (unpaired) electrons. The smallest absolute Gasteiger partial charge is 0.261 e. The first-order valence-electron chi connectivity index (χ1n) is 9.03. The molecular formula is C20H15Cl2N5O4. The summed E-state index contributed by atoms with van der Waals surface area (Å²) in [6.45, 7) is -0.0208. The molecule has 2 heterocycles. The Morgan fingerprint density at radius 2 is 2.06 bits per heavy atom. The number of halogens is 2. The second-order valence-electron chi connectivity index (χ2n) is 6.49. The van der Waals surface area contributed by atoms with Crippen LogP contribution in [0.5, 0.6) is 5.75 Å². The van der Waals surface area contributed by atoms with Crippen molar-refractivity contribution in [3.05, 3.63) is 74.8 Å². The first kappa shape index (κ1) is 20.8. The maximum atomic E-state index is 12.7. The van der Waals surface area contributed by atoms with Crippen LogP contribution in [0.3, 0.4) is 0 Å². The summed E-state index contributed by atoms with van der Waals surface area (Å²) in [5.74, 6) is 0.519. The van der Waals surface area contributed by atoms with Gasteiger partial charge in [0, 0.05) is 5.02 Å². The van der Waals surface area contributed by atoms with E-state index in [9.17, 15) is 9.59 Å². The zero-order chi connectivity index (χ0) is 22.0. The number of ether oxygens (including phenoxy) is 1. The fourth-order valence-corrected chi connectivity index (χ4v) is 3.51. The fraction of sp³-hybridized carbons (Fsp3) is 0.150. The molecule has 0 atom stereocenters. The van der Waals surface area contributed by atoms with E-state index < -0.39 is 0 Å². The molecule has 11 heteroatoms. The van der Waals surface area contributed by atoms with E-state index in [0.717, 1.165) is 0 Å². The summed E-state index contributed by atoms with van der Waals surface area (Å²) < 4.78 is 11.7. The Hall–Kier alpha value is -3.43. The molecule has 0 spiro atoms. The Morgan fingerprint density at radius 3 is 2.87 bits per heavy atom. The van der Waals surface area contributed by atoms with E-state index in [2.05, 4.69) is 20.4 Å². The van der Waals surface area contributed by atoms with Gasteiger partial charge in [-0.25, -0.2) is 4.98 Å². The molecule has 31 heavy (non-hydrogen) atoms. The highest BCUT2D eigenvalue weighted by Gasteiger charge is 2.15. The van der Waals surface area contributed by atoms with Crippen molar-refractivity contribution in [2.24, 2.45) is 0 Å². The van der Waals surface area contributed by atoms with Crippen LogP contribution in [0, 0.1) is 0 Å². The Labute approximate surface area is 185 Å². The minimum Gasteiger partial charge on any atom is -0.495 e. The average Bonchev–Trinajstić information content (AvgIpc) is 3.17. The summed E-state index contributed by atoms with van der Waals surface area (Å²) >= 11 is 12.1. The van der Waals surface area contributed by atoms with Crippen LogP contribution in [-0.2, 0) is 17.8 Å². The molecule has 2 aromatic heterocycles. The normalized spacial score (nSPS) is 10.9. The number of hydrogen-bond acceptors (Lipinski definition) is 7. The van der Waals surface area contributed by atoms with Crippen molar-refractivity contribution in [3.63, 3.8) is 0 Å². The van der Waals surface area contributed by atoms with Crippen LogP contribution >= 0.6 is 23.2 Å². The fourth-order valence-electron chi connectivity index (χ4n) is 2.97. The maximum absolute atomic E-state index is 12.7. The minimum absolute atomic E-state index is 0.0208. The standard InChI is InChI=1S/C20H15Cl2N5O4/c1-30-15-5-3-2-4-14(15)24-17(28)8-16-25-18(31-26-16)9-27-10-23-19-12(20(27)29)6-11(21)7-13(19)22/h2-7,10H,8-9H2,1H3,(H,24,28). The lowest BCUT2D eigenvalue weighted by molar-refractivity contribution is -0.115. The number of rotatable bonds is 6. The van der Waals surface area contributed by atoms with Crippen molar-refractivity contribution in [2.75, 3.05) is 12.4 Å². The van der Waals surface area contributed by atoms with Crippen LogP contribution < -0.4 is 15.6 Å². The van der Waals surface area contributed by atoms with Crippen molar-refractivity contribution < 1.29 is 14.1 Å². The van der Waals surface area contributed by atoms with Crippen LogP contribution in [0.4, 0.5) is 5.69 Å². The van der Waals surface area contributed by atoms with Crippen molar-refractivity contribution >= 4 is 45.7 Å². The number of aromatic nitrogens is 4. The minimum atomic E-state index is -0.358. The summed E-state index contributed by atoms with van der Waals surface area (Å²) in [4.78, 5) is 33.4. The second kappa shape index (κ2) is 8.75. The number of hydrogen-bond donors (Lipinski definition) is 1. The van der Waals surface area contributed by atoms with E-state index in [1.165, 1.54) is 30.1 Å². The van der Waals surface area contributed by atoms with Gasteiger partial charge < -0.3 is 14.6 Å². The molecule has 0 saturated carbocycles. The number of methoxy groups -OCH3 is 1. The number of nitrogens with zero attached hydrogens (tertiary/aromatic N) is 4. The monoisotopic (exact) mass is 459 g/mol. The lowest BCUT2D eigenvalue weighted by Gasteiger charge is -2.08. The molecule has 0 aliphatic carbocycles. The third kappa shape index (κ3) is 4.52. The highest BCUT2D eigenvalue weighted by Crippen LogP contribution is 2.24. The molecule has 0 fully saturated rings. The maximum Gasteiger partial charge on any atom is 0.261 e. The predicted octanol–water partition coefficient (Wildman–Crippen LogP) is 3.32. The number of benzene rings is 2.